The summed E-state index contributed by atoms with van der Waals surface area (Å²) in [5.74, 6) is 1.46. The number of pyridine rings is 1. The quantitative estimate of drug-likeness (QED) is 0.486. The highest BCUT2D eigenvalue weighted by Crippen LogP contribution is 2.29. The van der Waals surface area contributed by atoms with Crippen LogP contribution in [0, 0.1) is 6.92 Å². The number of nitrogens with one attached hydrogen (secondary N) is 1. The minimum Gasteiger partial charge on any atom is -0.493 e. The number of rotatable bonds is 10. The second kappa shape index (κ2) is 10.7. The lowest BCUT2D eigenvalue weighted by atomic mass is 9.96. The first-order valence-corrected chi connectivity index (χ1v) is 10.7. The third kappa shape index (κ3) is 6.29. The molecule has 0 saturated heterocycles. The standard InChI is InChI=1S/C23H27N3O3S/c1-16-15-25-23(30-16)18(14-22(27)28-3)13-17-7-9-20(10-8-17)29-12-11-19-5-4-6-21(24-2)26-19/h4-10,15,18H,11-14H2,1-3H3,(H,24,26). The number of thiazole rings is 1. The van der Waals surface area contributed by atoms with Crippen LogP contribution in [0.15, 0.2) is 48.7 Å². The molecule has 3 aromatic rings. The Kier molecular flexibility index (Phi) is 7.79. The first-order chi connectivity index (χ1) is 14.6. The highest BCUT2D eigenvalue weighted by atomic mass is 32.1. The van der Waals surface area contributed by atoms with E-state index in [2.05, 4.69) is 15.3 Å². The SMILES string of the molecule is CNc1cccc(CCOc2ccc(CC(CC(=O)OC)c3ncc(C)s3)cc2)n1. The molecule has 0 aliphatic rings. The Balaban J connectivity index is 1.57. The molecule has 1 N–H and O–H groups in total. The van der Waals surface area contributed by atoms with Gasteiger partial charge in [0, 0.05) is 36.2 Å². The van der Waals surface area contributed by atoms with Crippen molar-refractivity contribution < 1.29 is 14.3 Å². The van der Waals surface area contributed by atoms with Crippen LogP contribution in [-0.4, -0.2) is 36.7 Å². The van der Waals surface area contributed by atoms with Gasteiger partial charge < -0.3 is 14.8 Å². The molecule has 0 amide bonds. The van der Waals surface area contributed by atoms with E-state index in [1.807, 2.05) is 62.6 Å². The molecular weight excluding hydrogens is 398 g/mol. The van der Waals surface area contributed by atoms with Crippen molar-refractivity contribution >= 4 is 23.1 Å². The van der Waals surface area contributed by atoms with Gasteiger partial charge in [0.15, 0.2) is 0 Å². The molecule has 30 heavy (non-hydrogen) atoms. The third-order valence-corrected chi connectivity index (χ3v) is 5.80. The van der Waals surface area contributed by atoms with Crippen molar-refractivity contribution in [3.63, 3.8) is 0 Å². The van der Waals surface area contributed by atoms with Crippen LogP contribution in [0.25, 0.3) is 0 Å². The summed E-state index contributed by atoms with van der Waals surface area (Å²) in [4.78, 5) is 22.0. The van der Waals surface area contributed by atoms with Gasteiger partial charge in [0.25, 0.3) is 0 Å². The van der Waals surface area contributed by atoms with Gasteiger partial charge >= 0.3 is 5.97 Å². The van der Waals surface area contributed by atoms with Gasteiger partial charge in [0.2, 0.25) is 0 Å². The van der Waals surface area contributed by atoms with Crippen molar-refractivity contribution in [3.05, 3.63) is 69.8 Å². The summed E-state index contributed by atoms with van der Waals surface area (Å²) in [5, 5.41) is 4.01. The van der Waals surface area contributed by atoms with Gasteiger partial charge in [-0.15, -0.1) is 11.3 Å². The number of hydrogen-bond acceptors (Lipinski definition) is 7. The predicted molar refractivity (Wildman–Crippen MR) is 119 cm³/mol. The fourth-order valence-corrected chi connectivity index (χ4v) is 4.00. The average Bonchev–Trinajstić information content (AvgIpc) is 3.20. The van der Waals surface area contributed by atoms with Gasteiger partial charge in [-0.25, -0.2) is 9.97 Å². The largest absolute Gasteiger partial charge is 0.493 e. The number of carbonyl (C=O) groups is 1. The van der Waals surface area contributed by atoms with Crippen LogP contribution in [0.5, 0.6) is 5.75 Å². The van der Waals surface area contributed by atoms with Crippen LogP contribution >= 0.6 is 11.3 Å². The van der Waals surface area contributed by atoms with E-state index in [0.717, 1.165) is 45.6 Å². The van der Waals surface area contributed by atoms with Crippen LogP contribution in [0.1, 0.15) is 33.5 Å². The van der Waals surface area contributed by atoms with Gasteiger partial charge in [-0.3, -0.25) is 4.79 Å². The Labute approximate surface area is 181 Å². The lowest BCUT2D eigenvalue weighted by molar-refractivity contribution is -0.141. The smallest absolute Gasteiger partial charge is 0.306 e. The molecule has 7 heteroatoms. The fraction of sp³-hybridized carbons (Fsp3) is 0.348. The fourth-order valence-electron chi connectivity index (χ4n) is 3.13. The molecule has 2 heterocycles. The van der Waals surface area contributed by atoms with Crippen LogP contribution in [0.3, 0.4) is 0 Å². The molecule has 0 aliphatic carbocycles. The summed E-state index contributed by atoms with van der Waals surface area (Å²) in [6, 6.07) is 13.9. The Bertz CT molecular complexity index is 956. The highest BCUT2D eigenvalue weighted by molar-refractivity contribution is 7.11. The molecule has 158 valence electrons. The lowest BCUT2D eigenvalue weighted by Gasteiger charge is -2.14. The molecule has 0 radical (unpaired) electrons. The topological polar surface area (TPSA) is 73.3 Å². The molecule has 0 saturated carbocycles. The van der Waals surface area contributed by atoms with E-state index in [9.17, 15) is 4.79 Å². The number of nitrogens with zero attached hydrogens (tertiary/aromatic N) is 2. The molecule has 3 rings (SSSR count). The number of carbonyl (C=O) groups excluding carboxylic acids is 1. The molecule has 0 bridgehead atoms. The van der Waals surface area contributed by atoms with E-state index in [1.165, 1.54) is 7.11 Å². The van der Waals surface area contributed by atoms with E-state index >= 15 is 0 Å². The molecule has 1 atom stereocenters. The summed E-state index contributed by atoms with van der Waals surface area (Å²) >= 11 is 1.63. The lowest BCUT2D eigenvalue weighted by Crippen LogP contribution is -2.11. The number of esters is 1. The second-order valence-corrected chi connectivity index (χ2v) is 8.26. The van der Waals surface area contributed by atoms with Crippen molar-refractivity contribution in [2.45, 2.75) is 32.1 Å². The van der Waals surface area contributed by atoms with E-state index in [4.69, 9.17) is 9.47 Å². The third-order valence-electron chi connectivity index (χ3n) is 4.72. The van der Waals surface area contributed by atoms with Crippen molar-refractivity contribution in [2.75, 3.05) is 26.1 Å². The van der Waals surface area contributed by atoms with E-state index in [0.29, 0.717) is 13.0 Å². The molecule has 6 nitrogen and oxygen atoms in total. The van der Waals surface area contributed by atoms with E-state index < -0.39 is 0 Å². The summed E-state index contributed by atoms with van der Waals surface area (Å²) < 4.78 is 10.7. The summed E-state index contributed by atoms with van der Waals surface area (Å²) in [5.41, 5.74) is 2.12. The Morgan fingerprint density at radius 3 is 2.67 bits per heavy atom. The average molecular weight is 426 g/mol. The van der Waals surface area contributed by atoms with E-state index in [-0.39, 0.29) is 11.9 Å². The Hall–Kier alpha value is -2.93. The van der Waals surface area contributed by atoms with Crippen LogP contribution in [0.4, 0.5) is 5.82 Å². The van der Waals surface area contributed by atoms with Gasteiger partial charge in [0.05, 0.1) is 25.1 Å². The summed E-state index contributed by atoms with van der Waals surface area (Å²) in [6.07, 6.45) is 3.63. The van der Waals surface area contributed by atoms with Crippen LogP contribution in [0.2, 0.25) is 0 Å². The maximum absolute atomic E-state index is 11.8. The van der Waals surface area contributed by atoms with Crippen molar-refractivity contribution in [3.8, 4) is 5.75 Å². The van der Waals surface area contributed by atoms with E-state index in [1.54, 1.807) is 11.3 Å². The molecule has 1 unspecified atom stereocenters. The number of anilines is 1. The van der Waals surface area contributed by atoms with Gasteiger partial charge in [-0.1, -0.05) is 18.2 Å². The maximum Gasteiger partial charge on any atom is 0.306 e. The number of aromatic nitrogens is 2. The van der Waals surface area contributed by atoms with Crippen molar-refractivity contribution in [1.29, 1.82) is 0 Å². The summed E-state index contributed by atoms with van der Waals surface area (Å²) in [6.45, 7) is 2.58. The van der Waals surface area contributed by atoms with Gasteiger partial charge in [0.1, 0.15) is 11.6 Å². The number of hydrogen-bond donors (Lipinski definition) is 1. The zero-order valence-corrected chi connectivity index (χ0v) is 18.4. The minimum atomic E-state index is -0.219. The first kappa shape index (κ1) is 21.8. The first-order valence-electron chi connectivity index (χ1n) is 9.92. The zero-order valence-electron chi connectivity index (χ0n) is 17.6. The molecule has 1 aromatic carbocycles. The maximum atomic E-state index is 11.8. The Morgan fingerprint density at radius 2 is 2.00 bits per heavy atom. The molecule has 2 aromatic heterocycles. The predicted octanol–water partition coefficient (Wildman–Crippen LogP) is 4.40. The van der Waals surface area contributed by atoms with Crippen molar-refractivity contribution in [1.82, 2.24) is 9.97 Å². The monoisotopic (exact) mass is 425 g/mol. The number of benzene rings is 1. The van der Waals surface area contributed by atoms with Gasteiger partial charge in [-0.2, -0.15) is 0 Å². The normalized spacial score (nSPS) is 11.7. The van der Waals surface area contributed by atoms with Crippen LogP contribution in [-0.2, 0) is 22.4 Å². The summed E-state index contributed by atoms with van der Waals surface area (Å²) in [7, 11) is 3.28. The minimum absolute atomic E-state index is 0.00782. The molecule has 0 spiro atoms. The Morgan fingerprint density at radius 1 is 1.20 bits per heavy atom. The molecular formula is C23H27N3O3S. The number of aryl methyl sites for hydroxylation is 1. The van der Waals surface area contributed by atoms with Crippen molar-refractivity contribution in [2.24, 2.45) is 0 Å². The highest BCUT2D eigenvalue weighted by Gasteiger charge is 2.20. The number of methoxy groups -OCH3 is 1. The molecule has 0 aliphatic heterocycles. The molecule has 0 fully saturated rings. The van der Waals surface area contributed by atoms with Gasteiger partial charge in [-0.05, 0) is 43.2 Å². The number of ether oxygens (including phenoxy) is 2. The van der Waals surface area contributed by atoms with Crippen LogP contribution < -0.4 is 10.1 Å². The zero-order chi connectivity index (χ0) is 21.3. The second-order valence-electron chi connectivity index (χ2n) is 7.00.